The molecular formula is C11H7ClF2N2O2S. The highest BCUT2D eigenvalue weighted by atomic mass is 35.5. The van der Waals surface area contributed by atoms with Gasteiger partial charge < -0.3 is 10.4 Å². The van der Waals surface area contributed by atoms with Crippen molar-refractivity contribution in [2.45, 2.75) is 6.92 Å². The molecule has 0 aliphatic heterocycles. The molecule has 100 valence electrons. The van der Waals surface area contributed by atoms with Crippen molar-refractivity contribution in [2.24, 2.45) is 0 Å². The number of rotatable bonds is 3. The van der Waals surface area contributed by atoms with E-state index in [1.54, 1.807) is 6.92 Å². The van der Waals surface area contributed by atoms with Gasteiger partial charge in [0.2, 0.25) is 0 Å². The summed E-state index contributed by atoms with van der Waals surface area (Å²) < 4.78 is 26.4. The molecule has 1 aromatic heterocycles. The Labute approximate surface area is 115 Å². The fourth-order valence-electron chi connectivity index (χ4n) is 1.42. The van der Waals surface area contributed by atoms with Crippen LogP contribution in [0.2, 0.25) is 5.02 Å². The first-order valence-electron chi connectivity index (χ1n) is 5.00. The van der Waals surface area contributed by atoms with Crippen LogP contribution in [0, 0.1) is 18.6 Å². The van der Waals surface area contributed by atoms with Crippen LogP contribution in [0.5, 0.6) is 0 Å². The Hall–Kier alpha value is -1.73. The molecule has 0 atom stereocenters. The number of carbonyl (C=O) groups is 1. The molecule has 1 aromatic carbocycles. The SMILES string of the molecule is Cc1sc(Nc2c(F)cc(F)cc2Cl)nc1C(=O)O. The van der Waals surface area contributed by atoms with E-state index in [1.807, 2.05) is 0 Å². The van der Waals surface area contributed by atoms with Crippen molar-refractivity contribution in [2.75, 3.05) is 5.32 Å². The van der Waals surface area contributed by atoms with Crippen molar-refractivity contribution in [1.29, 1.82) is 0 Å². The number of nitrogens with zero attached hydrogens (tertiary/aromatic N) is 1. The topological polar surface area (TPSA) is 62.2 Å². The van der Waals surface area contributed by atoms with Gasteiger partial charge in [0.25, 0.3) is 0 Å². The van der Waals surface area contributed by atoms with Crippen LogP contribution < -0.4 is 5.32 Å². The number of anilines is 2. The Morgan fingerprint density at radius 1 is 1.47 bits per heavy atom. The van der Waals surface area contributed by atoms with Crippen LogP contribution in [-0.4, -0.2) is 16.1 Å². The number of aromatic nitrogens is 1. The average molecular weight is 305 g/mol. The van der Waals surface area contributed by atoms with E-state index in [4.69, 9.17) is 16.7 Å². The summed E-state index contributed by atoms with van der Waals surface area (Å²) in [5.74, 6) is -2.85. The first kappa shape index (κ1) is 13.7. The molecule has 0 bridgehead atoms. The molecule has 0 fully saturated rings. The normalized spacial score (nSPS) is 10.5. The predicted octanol–water partition coefficient (Wildman–Crippen LogP) is 3.82. The lowest BCUT2D eigenvalue weighted by atomic mass is 10.3. The van der Waals surface area contributed by atoms with Gasteiger partial charge in [-0.3, -0.25) is 0 Å². The Balaban J connectivity index is 2.37. The quantitative estimate of drug-likeness (QED) is 0.904. The molecule has 0 saturated heterocycles. The first-order chi connectivity index (χ1) is 8.88. The van der Waals surface area contributed by atoms with Gasteiger partial charge in [0.1, 0.15) is 5.82 Å². The van der Waals surface area contributed by atoms with E-state index in [9.17, 15) is 13.6 Å². The zero-order valence-electron chi connectivity index (χ0n) is 9.50. The third kappa shape index (κ3) is 2.82. The van der Waals surface area contributed by atoms with Gasteiger partial charge in [0.15, 0.2) is 16.6 Å². The highest BCUT2D eigenvalue weighted by molar-refractivity contribution is 7.15. The van der Waals surface area contributed by atoms with Crippen molar-refractivity contribution in [1.82, 2.24) is 4.98 Å². The largest absolute Gasteiger partial charge is 0.476 e. The van der Waals surface area contributed by atoms with Crippen LogP contribution in [0.1, 0.15) is 15.4 Å². The van der Waals surface area contributed by atoms with Crippen molar-refractivity contribution in [3.05, 3.63) is 39.4 Å². The Kier molecular flexibility index (Phi) is 3.68. The molecular weight excluding hydrogens is 298 g/mol. The zero-order valence-corrected chi connectivity index (χ0v) is 11.1. The summed E-state index contributed by atoms with van der Waals surface area (Å²) in [7, 11) is 0. The second-order valence-corrected chi connectivity index (χ2v) is 5.21. The number of hydrogen-bond acceptors (Lipinski definition) is 4. The van der Waals surface area contributed by atoms with Gasteiger partial charge in [0.05, 0.1) is 10.7 Å². The highest BCUT2D eigenvalue weighted by Crippen LogP contribution is 2.32. The van der Waals surface area contributed by atoms with Crippen LogP contribution in [0.25, 0.3) is 0 Å². The van der Waals surface area contributed by atoms with E-state index in [0.717, 1.165) is 17.4 Å². The maximum absolute atomic E-state index is 13.5. The lowest BCUT2D eigenvalue weighted by molar-refractivity contribution is 0.0690. The molecule has 2 rings (SSSR count). The molecule has 0 saturated carbocycles. The molecule has 2 N–H and O–H groups in total. The number of hydrogen-bond donors (Lipinski definition) is 2. The number of halogens is 3. The first-order valence-corrected chi connectivity index (χ1v) is 6.20. The van der Waals surface area contributed by atoms with Crippen LogP contribution in [0.4, 0.5) is 19.6 Å². The van der Waals surface area contributed by atoms with Crippen molar-refractivity contribution in [3.63, 3.8) is 0 Å². The summed E-state index contributed by atoms with van der Waals surface area (Å²) in [6, 6.07) is 1.62. The average Bonchev–Trinajstić information content (AvgIpc) is 2.65. The van der Waals surface area contributed by atoms with E-state index in [0.29, 0.717) is 10.9 Å². The fraction of sp³-hybridized carbons (Fsp3) is 0.0909. The van der Waals surface area contributed by atoms with E-state index in [2.05, 4.69) is 10.3 Å². The van der Waals surface area contributed by atoms with Gasteiger partial charge in [-0.05, 0) is 13.0 Å². The van der Waals surface area contributed by atoms with E-state index < -0.39 is 17.6 Å². The molecule has 19 heavy (non-hydrogen) atoms. The van der Waals surface area contributed by atoms with Crippen LogP contribution in [0.15, 0.2) is 12.1 Å². The number of nitrogens with one attached hydrogen (secondary N) is 1. The van der Waals surface area contributed by atoms with Gasteiger partial charge >= 0.3 is 5.97 Å². The summed E-state index contributed by atoms with van der Waals surface area (Å²) in [6.07, 6.45) is 0. The van der Waals surface area contributed by atoms with Crippen LogP contribution in [-0.2, 0) is 0 Å². The lowest BCUT2D eigenvalue weighted by Gasteiger charge is -2.06. The van der Waals surface area contributed by atoms with E-state index in [-0.39, 0.29) is 21.5 Å². The maximum atomic E-state index is 13.5. The number of carboxylic acids is 1. The number of benzene rings is 1. The van der Waals surface area contributed by atoms with E-state index >= 15 is 0 Å². The van der Waals surface area contributed by atoms with Gasteiger partial charge in [-0.1, -0.05) is 11.6 Å². The second kappa shape index (κ2) is 5.10. The molecule has 0 radical (unpaired) electrons. The molecule has 0 amide bonds. The van der Waals surface area contributed by atoms with Gasteiger partial charge in [-0.2, -0.15) is 0 Å². The van der Waals surface area contributed by atoms with Crippen LogP contribution >= 0.6 is 22.9 Å². The summed E-state index contributed by atoms with van der Waals surface area (Å²) in [5.41, 5.74) is -0.264. The number of aromatic carboxylic acids is 1. The molecule has 0 aliphatic rings. The predicted molar refractivity (Wildman–Crippen MR) is 68.5 cm³/mol. The number of thiazole rings is 1. The molecule has 0 aliphatic carbocycles. The second-order valence-electron chi connectivity index (χ2n) is 3.60. The minimum Gasteiger partial charge on any atom is -0.476 e. The smallest absolute Gasteiger partial charge is 0.355 e. The lowest BCUT2D eigenvalue weighted by Crippen LogP contribution is -2.00. The fourth-order valence-corrected chi connectivity index (χ4v) is 2.47. The minimum atomic E-state index is -1.17. The Morgan fingerprint density at radius 3 is 2.68 bits per heavy atom. The highest BCUT2D eigenvalue weighted by Gasteiger charge is 2.16. The number of aryl methyl sites for hydroxylation is 1. The molecule has 0 unspecified atom stereocenters. The van der Waals surface area contributed by atoms with E-state index in [1.165, 1.54) is 0 Å². The maximum Gasteiger partial charge on any atom is 0.355 e. The summed E-state index contributed by atoms with van der Waals surface area (Å²) in [6.45, 7) is 1.58. The van der Waals surface area contributed by atoms with Crippen molar-refractivity contribution in [3.8, 4) is 0 Å². The summed E-state index contributed by atoms with van der Waals surface area (Å²) in [4.78, 5) is 15.1. The van der Waals surface area contributed by atoms with Crippen molar-refractivity contribution < 1.29 is 18.7 Å². The van der Waals surface area contributed by atoms with Gasteiger partial charge in [0, 0.05) is 10.9 Å². The molecule has 4 nitrogen and oxygen atoms in total. The molecule has 8 heteroatoms. The molecule has 2 aromatic rings. The zero-order chi connectivity index (χ0) is 14.2. The Bertz CT molecular complexity index is 637. The standard InChI is InChI=1S/C11H7ClF2N2O2S/c1-4-8(10(17)18)15-11(19-4)16-9-6(12)2-5(13)3-7(9)14/h2-3H,1H3,(H,15,16)(H,17,18). The summed E-state index contributed by atoms with van der Waals surface area (Å²) >= 11 is 6.75. The Morgan fingerprint density at radius 2 is 2.16 bits per heavy atom. The molecule has 1 heterocycles. The number of carboxylic acid groups (broad SMARTS) is 1. The van der Waals surface area contributed by atoms with Gasteiger partial charge in [-0.25, -0.2) is 18.6 Å². The minimum absolute atomic E-state index is 0.119. The van der Waals surface area contributed by atoms with Crippen molar-refractivity contribution >= 4 is 39.7 Å². The molecule has 0 spiro atoms. The summed E-state index contributed by atoms with van der Waals surface area (Å²) in [5, 5.41) is 11.4. The monoisotopic (exact) mass is 304 g/mol. The third-order valence-electron chi connectivity index (χ3n) is 2.24. The van der Waals surface area contributed by atoms with Crippen LogP contribution in [0.3, 0.4) is 0 Å². The third-order valence-corrected chi connectivity index (χ3v) is 3.42. The van der Waals surface area contributed by atoms with Gasteiger partial charge in [-0.15, -0.1) is 11.3 Å².